The average molecular weight is 678 g/mol. The van der Waals surface area contributed by atoms with Crippen molar-refractivity contribution in [2.24, 2.45) is 5.92 Å². The molecule has 3 heterocycles. The van der Waals surface area contributed by atoms with Crippen LogP contribution in [0, 0.1) is 12.8 Å². The number of halogens is 6. The molecule has 0 radical (unpaired) electrons. The Morgan fingerprint density at radius 1 is 0.979 bits per heavy atom. The number of amides is 1. The van der Waals surface area contributed by atoms with Crippen molar-refractivity contribution in [1.29, 1.82) is 0 Å². The van der Waals surface area contributed by atoms with Gasteiger partial charge in [-0.25, -0.2) is 14.8 Å². The van der Waals surface area contributed by atoms with Crippen molar-refractivity contribution in [2.45, 2.75) is 77.4 Å². The fourth-order valence-electron chi connectivity index (χ4n) is 6.48. The van der Waals surface area contributed by atoms with Gasteiger partial charge in [-0.15, -0.1) is 0 Å². The molecule has 2 aliphatic heterocycles. The first-order valence-corrected chi connectivity index (χ1v) is 15.9. The first-order valence-electron chi connectivity index (χ1n) is 15.9. The molecule has 0 N–H and O–H groups in total. The highest BCUT2D eigenvalue weighted by atomic mass is 19.4. The van der Waals surface area contributed by atoms with Gasteiger partial charge in [0.05, 0.1) is 47.5 Å². The zero-order valence-corrected chi connectivity index (χ0v) is 26.8. The third kappa shape index (κ3) is 7.52. The summed E-state index contributed by atoms with van der Waals surface area (Å²) in [7, 11) is 0. The van der Waals surface area contributed by atoms with Gasteiger partial charge in [-0.3, -0.25) is 4.90 Å². The highest BCUT2D eigenvalue weighted by Crippen LogP contribution is 2.44. The number of anilines is 3. The van der Waals surface area contributed by atoms with Crippen molar-refractivity contribution in [2.75, 3.05) is 34.4 Å². The maximum Gasteiger partial charge on any atom is 0.416 e. The van der Waals surface area contributed by atoms with E-state index in [4.69, 9.17) is 4.74 Å². The van der Waals surface area contributed by atoms with Gasteiger partial charge in [-0.05, 0) is 74.9 Å². The van der Waals surface area contributed by atoms with Gasteiger partial charge in [0.25, 0.3) is 0 Å². The van der Waals surface area contributed by atoms with Crippen LogP contribution in [-0.2, 0) is 28.4 Å². The standard InChI is InChI=1S/C34H37F6N5O3/c1-4-26-16-30(28-12-21(3)6-7-29(28)45(26)32(47)48-5-2)44(19-23-13-24(33(35,36)37)15-25(14-23)34(38,39)40)31-41-17-27(18-42-31)43-10-8-22(20-46)9-11-43/h6-7,12-15,17-18,20,22,26,30H,4-5,8-11,16,19H2,1-3H3/t26-,30+/m1/s1. The topological polar surface area (TPSA) is 78.9 Å². The molecule has 0 aliphatic carbocycles. The molecule has 3 aromatic rings. The van der Waals surface area contributed by atoms with Crippen LogP contribution in [0.5, 0.6) is 0 Å². The Morgan fingerprint density at radius 3 is 2.15 bits per heavy atom. The van der Waals surface area contributed by atoms with Crippen molar-refractivity contribution in [3.8, 4) is 0 Å². The third-order valence-corrected chi connectivity index (χ3v) is 8.95. The molecule has 0 saturated carbocycles. The molecule has 8 nitrogen and oxygen atoms in total. The summed E-state index contributed by atoms with van der Waals surface area (Å²) in [5.41, 5.74) is -0.367. The predicted octanol–water partition coefficient (Wildman–Crippen LogP) is 8.13. The second kappa shape index (κ2) is 14.0. The van der Waals surface area contributed by atoms with Gasteiger partial charge in [0.1, 0.15) is 6.29 Å². The minimum atomic E-state index is -5.02. The van der Waals surface area contributed by atoms with Gasteiger partial charge in [0.2, 0.25) is 5.95 Å². The van der Waals surface area contributed by atoms with Crippen LogP contribution in [0.3, 0.4) is 0 Å². The van der Waals surface area contributed by atoms with E-state index in [1.54, 1.807) is 35.2 Å². The summed E-state index contributed by atoms with van der Waals surface area (Å²) in [6.45, 7) is 6.41. The van der Waals surface area contributed by atoms with Crippen LogP contribution in [0.25, 0.3) is 0 Å². The van der Waals surface area contributed by atoms with E-state index in [1.165, 1.54) is 0 Å². The molecule has 2 aromatic carbocycles. The average Bonchev–Trinajstić information content (AvgIpc) is 3.06. The van der Waals surface area contributed by atoms with Crippen molar-refractivity contribution >= 4 is 29.7 Å². The zero-order chi connectivity index (χ0) is 34.8. The fourth-order valence-corrected chi connectivity index (χ4v) is 6.48. The summed E-state index contributed by atoms with van der Waals surface area (Å²) in [4.78, 5) is 38.8. The molecule has 2 aliphatic rings. The van der Waals surface area contributed by atoms with Crippen LogP contribution in [0.15, 0.2) is 48.8 Å². The van der Waals surface area contributed by atoms with Crippen molar-refractivity contribution in [3.63, 3.8) is 0 Å². The number of alkyl halides is 6. The van der Waals surface area contributed by atoms with Crippen molar-refractivity contribution in [1.82, 2.24) is 9.97 Å². The number of aldehydes is 1. The van der Waals surface area contributed by atoms with Crippen molar-refractivity contribution < 1.29 is 40.7 Å². The lowest BCUT2D eigenvalue weighted by molar-refractivity contribution is -0.143. The van der Waals surface area contributed by atoms with E-state index in [2.05, 4.69) is 9.97 Å². The number of benzene rings is 2. The van der Waals surface area contributed by atoms with Crippen LogP contribution in [0.1, 0.15) is 73.4 Å². The van der Waals surface area contributed by atoms with Crippen molar-refractivity contribution in [3.05, 3.63) is 76.6 Å². The normalized spacial score (nSPS) is 18.8. The maximum absolute atomic E-state index is 13.9. The molecule has 258 valence electrons. The van der Waals surface area contributed by atoms with Gasteiger partial charge in [-0.1, -0.05) is 24.6 Å². The summed E-state index contributed by atoms with van der Waals surface area (Å²) >= 11 is 0. The van der Waals surface area contributed by atoms with E-state index in [-0.39, 0.29) is 43.1 Å². The largest absolute Gasteiger partial charge is 0.449 e. The molecule has 14 heteroatoms. The van der Waals surface area contributed by atoms with E-state index in [0.29, 0.717) is 49.3 Å². The number of nitrogens with zero attached hydrogens (tertiary/aromatic N) is 5. The Labute approximate surface area is 274 Å². The first kappa shape index (κ1) is 35.0. The highest BCUT2D eigenvalue weighted by Gasteiger charge is 2.41. The summed E-state index contributed by atoms with van der Waals surface area (Å²) in [6, 6.07) is 5.96. The molecular formula is C34H37F6N5O3. The predicted molar refractivity (Wildman–Crippen MR) is 168 cm³/mol. The number of ether oxygens (including phenoxy) is 1. The first-order chi connectivity index (χ1) is 22.7. The number of carbonyl (C=O) groups excluding carboxylic acids is 2. The quantitative estimate of drug-likeness (QED) is 0.176. The van der Waals surface area contributed by atoms with Gasteiger partial charge in [-0.2, -0.15) is 26.3 Å². The number of piperidine rings is 1. The van der Waals surface area contributed by atoms with Gasteiger partial charge in [0, 0.05) is 31.6 Å². The van der Waals surface area contributed by atoms with Gasteiger partial charge >= 0.3 is 18.4 Å². The minimum absolute atomic E-state index is 0.0264. The number of aromatic nitrogens is 2. The molecule has 1 aromatic heterocycles. The van der Waals surface area contributed by atoms with Crippen LogP contribution in [0.2, 0.25) is 0 Å². The second-order valence-corrected chi connectivity index (χ2v) is 12.2. The Balaban J connectivity index is 1.62. The Hall–Kier alpha value is -4.36. The highest BCUT2D eigenvalue weighted by molar-refractivity contribution is 5.90. The third-order valence-electron chi connectivity index (χ3n) is 8.95. The number of carbonyl (C=O) groups is 2. The number of hydrogen-bond donors (Lipinski definition) is 0. The molecule has 0 bridgehead atoms. The summed E-state index contributed by atoms with van der Waals surface area (Å²) in [5, 5.41) is 0. The molecule has 1 amide bonds. The minimum Gasteiger partial charge on any atom is -0.449 e. The molecule has 48 heavy (non-hydrogen) atoms. The lowest BCUT2D eigenvalue weighted by atomic mass is 9.87. The number of rotatable bonds is 8. The maximum atomic E-state index is 13.9. The van der Waals surface area contributed by atoms with Crippen LogP contribution >= 0.6 is 0 Å². The molecule has 5 rings (SSSR count). The molecule has 0 unspecified atom stereocenters. The molecule has 1 saturated heterocycles. The molecule has 0 spiro atoms. The lowest BCUT2D eigenvalue weighted by Gasteiger charge is -2.44. The zero-order valence-electron chi connectivity index (χ0n) is 26.8. The number of hydrogen-bond acceptors (Lipinski definition) is 7. The lowest BCUT2D eigenvalue weighted by Crippen LogP contribution is -2.48. The van der Waals surface area contributed by atoms with E-state index >= 15 is 0 Å². The summed E-state index contributed by atoms with van der Waals surface area (Å²) in [6.07, 6.45) is -4.37. The number of aryl methyl sites for hydroxylation is 1. The molecular weight excluding hydrogens is 640 g/mol. The van der Waals surface area contributed by atoms with E-state index < -0.39 is 41.7 Å². The Bertz CT molecular complexity index is 1570. The Morgan fingerprint density at radius 2 is 1.60 bits per heavy atom. The fraction of sp³-hybridized carbons (Fsp3) is 0.471. The van der Waals surface area contributed by atoms with E-state index in [0.717, 1.165) is 24.0 Å². The van der Waals surface area contributed by atoms with E-state index in [1.807, 2.05) is 30.9 Å². The summed E-state index contributed by atoms with van der Waals surface area (Å²) in [5.74, 6) is 0.0749. The van der Waals surface area contributed by atoms with E-state index in [9.17, 15) is 35.9 Å². The number of fused-ring (bicyclic) bond motifs is 1. The second-order valence-electron chi connectivity index (χ2n) is 12.2. The van der Waals surface area contributed by atoms with Crippen LogP contribution < -0.4 is 14.7 Å². The molecule has 2 atom stereocenters. The SMILES string of the molecule is CCOC(=O)N1c2ccc(C)cc2[C@@H](N(Cc2cc(C(F)(F)F)cc(C(F)(F)F)c2)c2ncc(N3CCC(C=O)CC3)cn2)C[C@H]1CC. The van der Waals surface area contributed by atoms with Gasteiger partial charge in [0.15, 0.2) is 0 Å². The van der Waals surface area contributed by atoms with Crippen LogP contribution in [-0.4, -0.2) is 48.1 Å². The monoisotopic (exact) mass is 677 g/mol. The smallest absolute Gasteiger partial charge is 0.416 e. The Kier molecular flexibility index (Phi) is 10.2. The summed E-state index contributed by atoms with van der Waals surface area (Å²) < 4.78 is 88.5. The van der Waals surface area contributed by atoms with Crippen LogP contribution in [0.4, 0.5) is 48.5 Å². The molecule has 1 fully saturated rings. The van der Waals surface area contributed by atoms with Gasteiger partial charge < -0.3 is 19.3 Å².